The molecule has 0 aliphatic heterocycles. The van der Waals surface area contributed by atoms with Gasteiger partial charge < -0.3 is 20.7 Å². The van der Waals surface area contributed by atoms with Crippen LogP contribution in [-0.2, 0) is 17.8 Å². The van der Waals surface area contributed by atoms with E-state index in [1.807, 2.05) is 17.5 Å². The number of methoxy groups -OCH3 is 1. The van der Waals surface area contributed by atoms with Crippen molar-refractivity contribution >= 4 is 46.3 Å². The molecule has 6 nitrogen and oxygen atoms in total. The van der Waals surface area contributed by atoms with E-state index in [4.69, 9.17) is 16.3 Å². The average Bonchev–Trinajstić information content (AvgIpc) is 3.22. The maximum absolute atomic E-state index is 12.2. The van der Waals surface area contributed by atoms with Gasteiger partial charge >= 0.3 is 6.03 Å². The number of anilines is 2. The van der Waals surface area contributed by atoms with Crippen LogP contribution in [0.5, 0.6) is 5.75 Å². The van der Waals surface area contributed by atoms with Gasteiger partial charge in [0.05, 0.1) is 25.8 Å². The van der Waals surface area contributed by atoms with Gasteiger partial charge in [0.2, 0.25) is 5.91 Å². The summed E-state index contributed by atoms with van der Waals surface area (Å²) in [5.74, 6) is 0.457. The summed E-state index contributed by atoms with van der Waals surface area (Å²) in [5, 5.41) is 10.8. The Morgan fingerprint density at radius 2 is 1.86 bits per heavy atom. The summed E-state index contributed by atoms with van der Waals surface area (Å²) in [6.45, 7) is 0.531. The van der Waals surface area contributed by atoms with E-state index in [-0.39, 0.29) is 12.3 Å². The van der Waals surface area contributed by atoms with Crippen LogP contribution in [0.15, 0.2) is 60.0 Å². The molecule has 0 atom stereocenters. The van der Waals surface area contributed by atoms with Crippen LogP contribution >= 0.6 is 22.9 Å². The Hall–Kier alpha value is -3.03. The van der Waals surface area contributed by atoms with Gasteiger partial charge in [0.15, 0.2) is 0 Å². The highest BCUT2D eigenvalue weighted by Gasteiger charge is 2.09. The number of hydrogen-bond acceptors (Lipinski definition) is 4. The number of amides is 3. The number of benzene rings is 2. The zero-order chi connectivity index (χ0) is 20.6. The lowest BCUT2D eigenvalue weighted by atomic mass is 10.1. The number of hydrogen-bond donors (Lipinski definition) is 3. The van der Waals surface area contributed by atoms with Crippen molar-refractivity contribution in [3.05, 3.63) is 75.4 Å². The molecular weight excluding hydrogens is 410 g/mol. The van der Waals surface area contributed by atoms with Gasteiger partial charge in [0, 0.05) is 15.6 Å². The van der Waals surface area contributed by atoms with Gasteiger partial charge in [-0.3, -0.25) is 4.79 Å². The summed E-state index contributed by atoms with van der Waals surface area (Å²) >= 11 is 7.57. The van der Waals surface area contributed by atoms with Crippen LogP contribution in [0.4, 0.5) is 16.2 Å². The van der Waals surface area contributed by atoms with Crippen LogP contribution < -0.4 is 20.7 Å². The molecule has 29 heavy (non-hydrogen) atoms. The summed E-state index contributed by atoms with van der Waals surface area (Å²) < 4.78 is 5.21. The van der Waals surface area contributed by atoms with Crippen LogP contribution in [0.3, 0.4) is 0 Å². The Morgan fingerprint density at radius 3 is 2.55 bits per heavy atom. The summed E-state index contributed by atoms with van der Waals surface area (Å²) in [7, 11) is 1.52. The van der Waals surface area contributed by atoms with E-state index in [2.05, 4.69) is 16.0 Å². The van der Waals surface area contributed by atoms with Gasteiger partial charge in [-0.25, -0.2) is 4.79 Å². The molecule has 3 amide bonds. The summed E-state index contributed by atoms with van der Waals surface area (Å²) in [4.78, 5) is 25.4. The SMILES string of the molecule is COc1ccc(Cl)cc1NC(=O)Nc1ccc(CC(=O)NCc2cccs2)cc1. The summed E-state index contributed by atoms with van der Waals surface area (Å²) in [6.07, 6.45) is 0.275. The lowest BCUT2D eigenvalue weighted by Gasteiger charge is -2.12. The van der Waals surface area contributed by atoms with Crippen molar-refractivity contribution in [2.75, 3.05) is 17.7 Å². The Labute approximate surface area is 177 Å². The lowest BCUT2D eigenvalue weighted by molar-refractivity contribution is -0.120. The van der Waals surface area contributed by atoms with Crippen molar-refractivity contribution in [1.29, 1.82) is 0 Å². The minimum absolute atomic E-state index is 0.0510. The molecule has 0 spiro atoms. The first-order chi connectivity index (χ1) is 14.0. The molecule has 0 aliphatic carbocycles. The second-order valence-electron chi connectivity index (χ2n) is 6.15. The number of thiophene rings is 1. The first-order valence-electron chi connectivity index (χ1n) is 8.83. The van der Waals surface area contributed by atoms with E-state index < -0.39 is 6.03 Å². The van der Waals surface area contributed by atoms with Gasteiger partial charge in [-0.15, -0.1) is 11.3 Å². The molecule has 3 aromatic rings. The first kappa shape index (κ1) is 20.7. The van der Waals surface area contributed by atoms with Crippen molar-refractivity contribution in [3.8, 4) is 5.75 Å². The lowest BCUT2D eigenvalue weighted by Crippen LogP contribution is -2.24. The minimum atomic E-state index is -0.424. The van der Waals surface area contributed by atoms with Crippen LogP contribution in [0.2, 0.25) is 5.02 Å². The molecule has 0 saturated carbocycles. The Balaban J connectivity index is 1.51. The highest BCUT2D eigenvalue weighted by Crippen LogP contribution is 2.27. The highest BCUT2D eigenvalue weighted by molar-refractivity contribution is 7.09. The molecule has 3 rings (SSSR count). The third-order valence-electron chi connectivity index (χ3n) is 4.03. The van der Waals surface area contributed by atoms with Crippen molar-refractivity contribution in [1.82, 2.24) is 5.32 Å². The molecule has 2 aromatic carbocycles. The van der Waals surface area contributed by atoms with Crippen molar-refractivity contribution in [3.63, 3.8) is 0 Å². The molecule has 0 radical (unpaired) electrons. The fourth-order valence-corrected chi connectivity index (χ4v) is 3.43. The number of rotatable bonds is 7. The van der Waals surface area contributed by atoms with Gasteiger partial charge in [-0.05, 0) is 47.3 Å². The fourth-order valence-electron chi connectivity index (χ4n) is 2.62. The quantitative estimate of drug-likeness (QED) is 0.499. The molecule has 0 unspecified atom stereocenters. The van der Waals surface area contributed by atoms with Crippen molar-refractivity contribution in [2.45, 2.75) is 13.0 Å². The molecule has 3 N–H and O–H groups in total. The highest BCUT2D eigenvalue weighted by atomic mass is 35.5. The third kappa shape index (κ3) is 6.23. The van der Waals surface area contributed by atoms with E-state index in [9.17, 15) is 9.59 Å². The molecule has 1 aromatic heterocycles. The van der Waals surface area contributed by atoms with Crippen LogP contribution in [-0.4, -0.2) is 19.0 Å². The van der Waals surface area contributed by atoms with E-state index in [1.54, 1.807) is 53.8 Å². The van der Waals surface area contributed by atoms with Gasteiger partial charge in [0.25, 0.3) is 0 Å². The molecule has 0 fully saturated rings. The number of urea groups is 1. The number of nitrogens with one attached hydrogen (secondary N) is 3. The minimum Gasteiger partial charge on any atom is -0.495 e. The zero-order valence-corrected chi connectivity index (χ0v) is 17.3. The average molecular weight is 430 g/mol. The molecule has 0 saturated heterocycles. The molecule has 0 aliphatic rings. The molecule has 1 heterocycles. The van der Waals surface area contributed by atoms with Crippen LogP contribution in [0.25, 0.3) is 0 Å². The van der Waals surface area contributed by atoms with E-state index in [1.165, 1.54) is 7.11 Å². The van der Waals surface area contributed by atoms with E-state index in [0.717, 1.165) is 10.4 Å². The van der Waals surface area contributed by atoms with Gasteiger partial charge in [-0.1, -0.05) is 29.8 Å². The number of carbonyl (C=O) groups is 2. The summed E-state index contributed by atoms with van der Waals surface area (Å²) in [5.41, 5.74) is 1.93. The standard InChI is InChI=1S/C21H20ClN3O3S/c1-28-19-9-6-15(22)12-18(19)25-21(27)24-16-7-4-14(5-8-16)11-20(26)23-13-17-3-2-10-29-17/h2-10,12H,11,13H2,1H3,(H,23,26)(H2,24,25,27). The Bertz CT molecular complexity index is 975. The number of carbonyl (C=O) groups excluding carboxylic acids is 2. The van der Waals surface area contributed by atoms with E-state index in [0.29, 0.717) is 28.7 Å². The van der Waals surface area contributed by atoms with Gasteiger partial charge in [0.1, 0.15) is 5.75 Å². The second-order valence-corrected chi connectivity index (χ2v) is 7.62. The van der Waals surface area contributed by atoms with Crippen molar-refractivity contribution in [2.24, 2.45) is 0 Å². The summed E-state index contributed by atoms with van der Waals surface area (Å²) in [6, 6.07) is 15.6. The zero-order valence-electron chi connectivity index (χ0n) is 15.7. The van der Waals surface area contributed by atoms with Gasteiger partial charge in [-0.2, -0.15) is 0 Å². The molecule has 8 heteroatoms. The predicted octanol–water partition coefficient (Wildman–Crippen LogP) is 4.91. The fraction of sp³-hybridized carbons (Fsp3) is 0.143. The molecule has 150 valence electrons. The smallest absolute Gasteiger partial charge is 0.323 e. The largest absolute Gasteiger partial charge is 0.495 e. The maximum Gasteiger partial charge on any atom is 0.323 e. The monoisotopic (exact) mass is 429 g/mol. The Kier molecular flexibility index (Phi) is 7.10. The van der Waals surface area contributed by atoms with Crippen LogP contribution in [0, 0.1) is 0 Å². The first-order valence-corrected chi connectivity index (χ1v) is 10.1. The topological polar surface area (TPSA) is 79.5 Å². The van der Waals surface area contributed by atoms with Crippen LogP contribution in [0.1, 0.15) is 10.4 Å². The maximum atomic E-state index is 12.2. The van der Waals surface area contributed by atoms with Crippen molar-refractivity contribution < 1.29 is 14.3 Å². The Morgan fingerprint density at radius 1 is 1.07 bits per heavy atom. The molecular formula is C21H20ClN3O3S. The number of ether oxygens (including phenoxy) is 1. The number of halogens is 1. The molecule has 0 bridgehead atoms. The third-order valence-corrected chi connectivity index (χ3v) is 5.14. The second kappa shape index (κ2) is 9.95. The predicted molar refractivity (Wildman–Crippen MR) is 117 cm³/mol. The van der Waals surface area contributed by atoms with E-state index >= 15 is 0 Å². The normalized spacial score (nSPS) is 10.3.